The Kier molecular flexibility index (Phi) is 2.95. The van der Waals surface area contributed by atoms with Crippen molar-refractivity contribution in [2.45, 2.75) is 19.8 Å². The molecule has 3 heteroatoms. The number of allylic oxidation sites excluding steroid dienone is 2. The van der Waals surface area contributed by atoms with Crippen LogP contribution in [0.25, 0.3) is 0 Å². The van der Waals surface area contributed by atoms with E-state index in [9.17, 15) is 4.79 Å². The van der Waals surface area contributed by atoms with Crippen LogP contribution in [-0.4, -0.2) is 48.4 Å². The Hall–Kier alpha value is -0.830. The first kappa shape index (κ1) is 11.3. The summed E-state index contributed by atoms with van der Waals surface area (Å²) >= 11 is 0. The highest BCUT2D eigenvalue weighted by atomic mass is 16.2. The lowest BCUT2D eigenvalue weighted by Crippen LogP contribution is -2.50. The SMILES string of the molecule is CCN1CCN(C(=O)C2CC3C=CC2C3)CC1. The molecule has 0 N–H and O–H groups in total. The molecule has 1 saturated carbocycles. The van der Waals surface area contributed by atoms with Crippen molar-refractivity contribution in [3.05, 3.63) is 12.2 Å². The molecule has 1 amide bonds. The highest BCUT2D eigenvalue weighted by Gasteiger charge is 2.41. The minimum atomic E-state index is 0.304. The topological polar surface area (TPSA) is 23.6 Å². The predicted octanol–water partition coefficient (Wildman–Crippen LogP) is 1.36. The molecule has 2 aliphatic carbocycles. The minimum Gasteiger partial charge on any atom is -0.340 e. The first-order chi connectivity index (χ1) is 8.28. The van der Waals surface area contributed by atoms with E-state index in [1.807, 2.05) is 0 Å². The number of nitrogens with zero attached hydrogens (tertiary/aromatic N) is 2. The maximum atomic E-state index is 12.5. The molecule has 0 aromatic heterocycles. The second kappa shape index (κ2) is 4.45. The molecule has 94 valence electrons. The predicted molar refractivity (Wildman–Crippen MR) is 67.5 cm³/mol. The summed E-state index contributed by atoms with van der Waals surface area (Å²) in [5.74, 6) is 1.98. The number of carbonyl (C=O) groups excluding carboxylic acids is 1. The molecule has 17 heavy (non-hydrogen) atoms. The molecular formula is C14H22N2O. The number of likely N-dealkylation sites (N-methyl/N-ethyl adjacent to an activating group) is 1. The van der Waals surface area contributed by atoms with Gasteiger partial charge in [-0.1, -0.05) is 19.1 Å². The summed E-state index contributed by atoms with van der Waals surface area (Å²) < 4.78 is 0. The first-order valence-electron chi connectivity index (χ1n) is 6.97. The molecule has 3 nitrogen and oxygen atoms in total. The molecule has 2 fully saturated rings. The number of carbonyl (C=O) groups is 1. The van der Waals surface area contributed by atoms with Crippen LogP contribution in [0.1, 0.15) is 19.8 Å². The molecular weight excluding hydrogens is 212 g/mol. The van der Waals surface area contributed by atoms with Crippen molar-refractivity contribution < 1.29 is 4.79 Å². The fourth-order valence-electron chi connectivity index (χ4n) is 3.58. The second-order valence-corrected chi connectivity index (χ2v) is 5.65. The Labute approximate surface area is 103 Å². The third kappa shape index (κ3) is 2.01. The zero-order valence-electron chi connectivity index (χ0n) is 10.6. The van der Waals surface area contributed by atoms with E-state index in [0.29, 0.717) is 23.7 Å². The van der Waals surface area contributed by atoms with Crippen LogP contribution in [0.5, 0.6) is 0 Å². The maximum absolute atomic E-state index is 12.5. The van der Waals surface area contributed by atoms with Gasteiger partial charge in [-0.25, -0.2) is 0 Å². The van der Waals surface area contributed by atoms with Gasteiger partial charge < -0.3 is 9.80 Å². The summed E-state index contributed by atoms with van der Waals surface area (Å²) in [6, 6.07) is 0. The number of piperazine rings is 1. The average Bonchev–Trinajstić information content (AvgIpc) is 3.00. The quantitative estimate of drug-likeness (QED) is 0.674. The molecule has 0 aromatic rings. The smallest absolute Gasteiger partial charge is 0.226 e. The maximum Gasteiger partial charge on any atom is 0.226 e. The lowest BCUT2D eigenvalue weighted by molar-refractivity contribution is -0.138. The van der Waals surface area contributed by atoms with Crippen molar-refractivity contribution in [2.75, 3.05) is 32.7 Å². The molecule has 0 spiro atoms. The van der Waals surface area contributed by atoms with Gasteiger partial charge in [0.15, 0.2) is 0 Å². The van der Waals surface area contributed by atoms with E-state index in [0.717, 1.165) is 39.1 Å². The molecule has 3 atom stereocenters. The third-order valence-corrected chi connectivity index (χ3v) is 4.73. The molecule has 3 aliphatic rings. The van der Waals surface area contributed by atoms with E-state index in [1.165, 1.54) is 6.42 Å². The van der Waals surface area contributed by atoms with Gasteiger partial charge in [0.2, 0.25) is 5.91 Å². The Bertz CT molecular complexity index is 331. The second-order valence-electron chi connectivity index (χ2n) is 5.65. The summed E-state index contributed by atoms with van der Waals surface area (Å²) in [6.07, 6.45) is 6.92. The number of hydrogen-bond acceptors (Lipinski definition) is 2. The highest BCUT2D eigenvalue weighted by molar-refractivity contribution is 5.80. The molecule has 0 aromatic carbocycles. The number of rotatable bonds is 2. The number of hydrogen-bond donors (Lipinski definition) is 0. The Morgan fingerprint density at radius 1 is 1.18 bits per heavy atom. The molecule has 0 radical (unpaired) electrons. The average molecular weight is 234 g/mol. The molecule has 3 unspecified atom stereocenters. The van der Waals surface area contributed by atoms with Gasteiger partial charge in [-0.05, 0) is 31.2 Å². The van der Waals surface area contributed by atoms with Crippen molar-refractivity contribution >= 4 is 5.91 Å². The third-order valence-electron chi connectivity index (χ3n) is 4.73. The van der Waals surface area contributed by atoms with E-state index in [2.05, 4.69) is 28.9 Å². The van der Waals surface area contributed by atoms with Crippen molar-refractivity contribution in [2.24, 2.45) is 17.8 Å². The minimum absolute atomic E-state index is 0.304. The molecule has 1 saturated heterocycles. The number of amides is 1. The van der Waals surface area contributed by atoms with Crippen LogP contribution in [0.3, 0.4) is 0 Å². The Morgan fingerprint density at radius 3 is 2.47 bits per heavy atom. The van der Waals surface area contributed by atoms with Crippen LogP contribution in [0.4, 0.5) is 0 Å². The molecule has 1 heterocycles. The summed E-state index contributed by atoms with van der Waals surface area (Å²) in [5.41, 5.74) is 0. The van der Waals surface area contributed by atoms with Crippen LogP contribution < -0.4 is 0 Å². The van der Waals surface area contributed by atoms with Crippen LogP contribution in [0, 0.1) is 17.8 Å². The van der Waals surface area contributed by atoms with E-state index in [4.69, 9.17) is 0 Å². The van der Waals surface area contributed by atoms with E-state index >= 15 is 0 Å². The zero-order valence-corrected chi connectivity index (χ0v) is 10.6. The van der Waals surface area contributed by atoms with Crippen molar-refractivity contribution in [1.82, 2.24) is 9.80 Å². The van der Waals surface area contributed by atoms with E-state index in [-0.39, 0.29) is 0 Å². The fraction of sp³-hybridized carbons (Fsp3) is 0.786. The van der Waals surface area contributed by atoms with Crippen molar-refractivity contribution in [3.63, 3.8) is 0 Å². The van der Waals surface area contributed by atoms with Gasteiger partial charge in [0.25, 0.3) is 0 Å². The van der Waals surface area contributed by atoms with Gasteiger partial charge in [0, 0.05) is 32.1 Å². The normalized spacial score (nSPS) is 36.8. The van der Waals surface area contributed by atoms with Gasteiger partial charge in [0.1, 0.15) is 0 Å². The van der Waals surface area contributed by atoms with Crippen LogP contribution in [0.15, 0.2) is 12.2 Å². The largest absolute Gasteiger partial charge is 0.340 e. The van der Waals surface area contributed by atoms with Gasteiger partial charge >= 0.3 is 0 Å². The standard InChI is InChI=1S/C14H22N2O/c1-2-15-5-7-16(8-6-15)14(17)13-10-11-3-4-12(13)9-11/h3-4,11-13H,2,5-10H2,1H3. The first-order valence-corrected chi connectivity index (χ1v) is 6.97. The Balaban J connectivity index is 1.58. The fourth-order valence-corrected chi connectivity index (χ4v) is 3.58. The lowest BCUT2D eigenvalue weighted by Gasteiger charge is -2.36. The summed E-state index contributed by atoms with van der Waals surface area (Å²) in [5, 5.41) is 0. The van der Waals surface area contributed by atoms with Crippen LogP contribution in [0.2, 0.25) is 0 Å². The van der Waals surface area contributed by atoms with Gasteiger partial charge in [0.05, 0.1) is 0 Å². The summed E-state index contributed by atoms with van der Waals surface area (Å²) in [7, 11) is 0. The van der Waals surface area contributed by atoms with Gasteiger partial charge in [-0.3, -0.25) is 4.79 Å². The lowest BCUT2D eigenvalue weighted by atomic mass is 9.92. The van der Waals surface area contributed by atoms with Gasteiger partial charge in [-0.2, -0.15) is 0 Å². The summed E-state index contributed by atoms with van der Waals surface area (Å²) in [6.45, 7) is 7.28. The molecule has 1 aliphatic heterocycles. The summed E-state index contributed by atoms with van der Waals surface area (Å²) in [4.78, 5) is 17.0. The molecule has 2 bridgehead atoms. The van der Waals surface area contributed by atoms with Crippen LogP contribution in [-0.2, 0) is 4.79 Å². The van der Waals surface area contributed by atoms with Crippen molar-refractivity contribution in [3.8, 4) is 0 Å². The number of fused-ring (bicyclic) bond motifs is 2. The highest BCUT2D eigenvalue weighted by Crippen LogP contribution is 2.44. The van der Waals surface area contributed by atoms with Gasteiger partial charge in [-0.15, -0.1) is 0 Å². The molecule has 3 rings (SSSR count). The van der Waals surface area contributed by atoms with E-state index < -0.39 is 0 Å². The van der Waals surface area contributed by atoms with E-state index in [1.54, 1.807) is 0 Å². The monoisotopic (exact) mass is 234 g/mol. The van der Waals surface area contributed by atoms with Crippen molar-refractivity contribution in [1.29, 1.82) is 0 Å². The van der Waals surface area contributed by atoms with Crippen LogP contribution >= 0.6 is 0 Å². The Morgan fingerprint density at radius 2 is 1.94 bits per heavy atom. The zero-order chi connectivity index (χ0) is 11.8.